The van der Waals surface area contributed by atoms with Gasteiger partial charge in [0.15, 0.2) is 17.5 Å². The first kappa shape index (κ1) is 30.6. The van der Waals surface area contributed by atoms with E-state index in [0.717, 1.165) is 71.6 Å². The van der Waals surface area contributed by atoms with Crippen molar-refractivity contribution < 1.29 is 4.42 Å². The van der Waals surface area contributed by atoms with Crippen LogP contribution in [-0.2, 0) is 5.41 Å². The lowest BCUT2D eigenvalue weighted by atomic mass is 9.82. The fraction of sp³-hybridized carbons (Fsp3) is 0.0612. The van der Waals surface area contributed by atoms with Crippen molar-refractivity contribution in [3.05, 3.63) is 169 Å². The Hall–Kier alpha value is -6.98. The highest BCUT2D eigenvalue weighted by Crippen LogP contribution is 2.49. The average Bonchev–Trinajstić information content (AvgIpc) is 3.73. The van der Waals surface area contributed by atoms with Crippen LogP contribution >= 0.6 is 0 Å². The Morgan fingerprint density at radius 3 is 1.85 bits per heavy atom. The largest absolute Gasteiger partial charge is 0.455 e. The molecule has 0 N–H and O–H groups in total. The third-order valence-corrected chi connectivity index (χ3v) is 11.1. The Kier molecular flexibility index (Phi) is 6.53. The van der Waals surface area contributed by atoms with Gasteiger partial charge in [-0.05, 0) is 63.4 Å². The molecule has 5 heteroatoms. The van der Waals surface area contributed by atoms with Crippen molar-refractivity contribution in [2.24, 2.45) is 0 Å². The predicted octanol–water partition coefficient (Wildman–Crippen LogP) is 12.4. The average molecular weight is 693 g/mol. The summed E-state index contributed by atoms with van der Waals surface area (Å²) in [5.41, 5.74) is 12.4. The second-order valence-electron chi connectivity index (χ2n) is 14.6. The first-order chi connectivity index (χ1) is 26.5. The second-order valence-corrected chi connectivity index (χ2v) is 14.6. The molecule has 0 amide bonds. The highest BCUT2D eigenvalue weighted by molar-refractivity contribution is 6.21. The van der Waals surface area contributed by atoms with Crippen LogP contribution < -0.4 is 0 Å². The molecule has 5 nitrogen and oxygen atoms in total. The number of hydrogen-bond acceptors (Lipinski definition) is 5. The van der Waals surface area contributed by atoms with Gasteiger partial charge in [0.25, 0.3) is 0 Å². The number of benzene rings is 7. The number of nitrogens with zero attached hydrogens (tertiary/aromatic N) is 4. The highest BCUT2D eigenvalue weighted by atomic mass is 16.3. The topological polar surface area (TPSA) is 64.7 Å². The number of hydrogen-bond donors (Lipinski definition) is 0. The number of fused-ring (bicyclic) bond motifs is 9. The van der Waals surface area contributed by atoms with Gasteiger partial charge >= 0.3 is 0 Å². The molecule has 0 bridgehead atoms. The van der Waals surface area contributed by atoms with Crippen molar-refractivity contribution in [1.82, 2.24) is 19.9 Å². The Bertz CT molecular complexity index is 3140. The van der Waals surface area contributed by atoms with E-state index in [1.807, 2.05) is 42.5 Å². The third-order valence-electron chi connectivity index (χ3n) is 11.1. The maximum absolute atomic E-state index is 6.54. The maximum Gasteiger partial charge on any atom is 0.164 e. The Morgan fingerprint density at radius 2 is 1.02 bits per heavy atom. The number of para-hydroxylation sites is 2. The van der Waals surface area contributed by atoms with E-state index in [1.165, 1.54) is 22.3 Å². The summed E-state index contributed by atoms with van der Waals surface area (Å²) in [5.74, 6) is 1.90. The summed E-state index contributed by atoms with van der Waals surface area (Å²) in [7, 11) is 0. The fourth-order valence-corrected chi connectivity index (χ4v) is 8.49. The van der Waals surface area contributed by atoms with E-state index in [4.69, 9.17) is 24.4 Å². The molecule has 54 heavy (non-hydrogen) atoms. The Labute approximate surface area is 311 Å². The molecule has 254 valence electrons. The van der Waals surface area contributed by atoms with Crippen molar-refractivity contribution in [3.63, 3.8) is 0 Å². The van der Waals surface area contributed by atoms with Gasteiger partial charge in [-0.3, -0.25) is 0 Å². The molecular formula is C49H32N4O. The molecule has 0 fully saturated rings. The van der Waals surface area contributed by atoms with Crippen LogP contribution in [0.3, 0.4) is 0 Å². The minimum atomic E-state index is -0.144. The zero-order valence-electron chi connectivity index (χ0n) is 29.7. The fourth-order valence-electron chi connectivity index (χ4n) is 8.49. The summed E-state index contributed by atoms with van der Waals surface area (Å²) >= 11 is 0. The molecular weight excluding hydrogens is 661 g/mol. The Morgan fingerprint density at radius 1 is 0.426 bits per heavy atom. The number of pyridine rings is 1. The lowest BCUT2D eigenvalue weighted by Gasteiger charge is -2.21. The monoisotopic (exact) mass is 692 g/mol. The standard InChI is InChI=1S/C49H32N4O/c1-49(2)39-21-11-8-18-33(39)34-25-24-30(28-40(34)49)47-51-46(29-14-4-3-5-15-29)52-48(53-47)36-27-26-35(31-16-6-7-17-32(31)36)44-43-38-20-10-13-23-42(38)54-45(43)37-19-9-12-22-41(37)50-44/h3-28H,1-2H3. The van der Waals surface area contributed by atoms with Crippen molar-refractivity contribution in [2.75, 3.05) is 0 Å². The predicted molar refractivity (Wildman–Crippen MR) is 219 cm³/mol. The second kappa shape index (κ2) is 11.5. The molecule has 0 radical (unpaired) electrons. The van der Waals surface area contributed by atoms with Gasteiger partial charge in [0.05, 0.1) is 16.6 Å². The Balaban J connectivity index is 1.13. The molecule has 0 saturated carbocycles. The van der Waals surface area contributed by atoms with Crippen molar-refractivity contribution in [1.29, 1.82) is 0 Å². The summed E-state index contributed by atoms with van der Waals surface area (Å²) in [6, 6.07) is 54.7. The van der Waals surface area contributed by atoms with Crippen LogP contribution in [-0.4, -0.2) is 19.9 Å². The van der Waals surface area contributed by atoms with Gasteiger partial charge in [-0.15, -0.1) is 0 Å². The maximum atomic E-state index is 6.54. The number of furan rings is 1. The first-order valence-electron chi connectivity index (χ1n) is 18.3. The summed E-state index contributed by atoms with van der Waals surface area (Å²) < 4.78 is 6.54. The number of rotatable bonds is 4. The lowest BCUT2D eigenvalue weighted by molar-refractivity contribution is 0.660. The van der Waals surface area contributed by atoms with Gasteiger partial charge in [0.1, 0.15) is 11.2 Å². The zero-order valence-corrected chi connectivity index (χ0v) is 29.7. The lowest BCUT2D eigenvalue weighted by Crippen LogP contribution is -2.15. The van der Waals surface area contributed by atoms with Crippen LogP contribution in [0.1, 0.15) is 25.0 Å². The van der Waals surface area contributed by atoms with Gasteiger partial charge in [-0.1, -0.05) is 141 Å². The molecule has 3 aromatic heterocycles. The molecule has 0 atom stereocenters. The van der Waals surface area contributed by atoms with Crippen molar-refractivity contribution >= 4 is 43.6 Å². The normalized spacial score (nSPS) is 13.1. The molecule has 0 unspecified atom stereocenters. The van der Waals surface area contributed by atoms with E-state index in [0.29, 0.717) is 17.5 Å². The summed E-state index contributed by atoms with van der Waals surface area (Å²) in [5, 5.41) is 5.15. The molecule has 3 heterocycles. The summed E-state index contributed by atoms with van der Waals surface area (Å²) in [6.45, 7) is 4.60. The van der Waals surface area contributed by atoms with Gasteiger partial charge in [0, 0.05) is 38.4 Å². The van der Waals surface area contributed by atoms with Crippen LogP contribution in [0.5, 0.6) is 0 Å². The third kappa shape index (κ3) is 4.51. The van der Waals surface area contributed by atoms with Crippen LogP contribution in [0.2, 0.25) is 0 Å². The molecule has 11 rings (SSSR count). The van der Waals surface area contributed by atoms with E-state index >= 15 is 0 Å². The smallest absolute Gasteiger partial charge is 0.164 e. The highest BCUT2D eigenvalue weighted by Gasteiger charge is 2.35. The minimum Gasteiger partial charge on any atom is -0.455 e. The molecule has 10 aromatic rings. The first-order valence-corrected chi connectivity index (χ1v) is 18.3. The van der Waals surface area contributed by atoms with Crippen LogP contribution in [0.25, 0.3) is 100 Å². The van der Waals surface area contributed by atoms with Gasteiger partial charge in [0.2, 0.25) is 0 Å². The van der Waals surface area contributed by atoms with E-state index in [-0.39, 0.29) is 5.41 Å². The SMILES string of the molecule is CC1(C)c2ccccc2-c2ccc(-c3nc(-c4ccccc4)nc(-c4ccc(-c5nc6ccccc6c6oc7ccccc7c56)c5ccccc45)n3)cc21. The quantitative estimate of drug-likeness (QED) is 0.184. The van der Waals surface area contributed by atoms with Crippen LogP contribution in [0.15, 0.2) is 162 Å². The molecule has 1 aliphatic carbocycles. The molecule has 0 aliphatic heterocycles. The van der Waals surface area contributed by atoms with E-state index < -0.39 is 0 Å². The number of aromatic nitrogens is 4. The minimum absolute atomic E-state index is 0.144. The summed E-state index contributed by atoms with van der Waals surface area (Å²) in [6.07, 6.45) is 0. The van der Waals surface area contributed by atoms with Gasteiger partial charge in [-0.25, -0.2) is 19.9 Å². The van der Waals surface area contributed by atoms with Crippen molar-refractivity contribution in [2.45, 2.75) is 19.3 Å². The summed E-state index contributed by atoms with van der Waals surface area (Å²) in [4.78, 5) is 20.8. The van der Waals surface area contributed by atoms with Crippen LogP contribution in [0, 0.1) is 0 Å². The molecule has 0 saturated heterocycles. The van der Waals surface area contributed by atoms with Gasteiger partial charge < -0.3 is 4.42 Å². The molecule has 1 aliphatic rings. The van der Waals surface area contributed by atoms with E-state index in [1.54, 1.807) is 0 Å². The molecule has 0 spiro atoms. The van der Waals surface area contributed by atoms with Gasteiger partial charge in [-0.2, -0.15) is 0 Å². The molecule has 7 aromatic carbocycles. The van der Waals surface area contributed by atoms with E-state index in [2.05, 4.69) is 129 Å². The van der Waals surface area contributed by atoms with Crippen LogP contribution in [0.4, 0.5) is 0 Å². The van der Waals surface area contributed by atoms with Crippen molar-refractivity contribution in [3.8, 4) is 56.5 Å². The zero-order chi connectivity index (χ0) is 36.0. The van der Waals surface area contributed by atoms with E-state index in [9.17, 15) is 0 Å².